The summed E-state index contributed by atoms with van der Waals surface area (Å²) in [5.41, 5.74) is 7.87. The lowest BCUT2D eigenvalue weighted by molar-refractivity contribution is 0.551. The van der Waals surface area contributed by atoms with Crippen LogP contribution in [0.15, 0.2) is 57.6 Å². The molecule has 0 fully saturated rings. The summed E-state index contributed by atoms with van der Waals surface area (Å²) in [6.07, 6.45) is 0. The van der Waals surface area contributed by atoms with Crippen molar-refractivity contribution in [2.45, 2.75) is 6.54 Å². The molecule has 0 aliphatic heterocycles. The summed E-state index contributed by atoms with van der Waals surface area (Å²) >= 11 is 3.28. The number of aromatic nitrogens is 2. The third-order valence-corrected chi connectivity index (χ3v) is 3.24. The van der Waals surface area contributed by atoms with E-state index in [4.69, 9.17) is 10.2 Å². The van der Waals surface area contributed by atoms with Gasteiger partial charge in [0.1, 0.15) is 11.5 Å². The van der Waals surface area contributed by atoms with Gasteiger partial charge in [-0.25, -0.2) is 4.68 Å². The number of nitrogens with two attached hydrogens (primary N) is 1. The predicted octanol–water partition coefficient (Wildman–Crippen LogP) is 3.54. The van der Waals surface area contributed by atoms with Crippen LogP contribution in [-0.4, -0.2) is 9.78 Å². The molecule has 0 amide bonds. The lowest BCUT2D eigenvalue weighted by atomic mass is 10.2. The van der Waals surface area contributed by atoms with Crippen LogP contribution in [0.2, 0.25) is 0 Å². The molecule has 5 heteroatoms. The van der Waals surface area contributed by atoms with Crippen molar-refractivity contribution in [2.75, 3.05) is 5.73 Å². The molecule has 0 aliphatic carbocycles. The fourth-order valence-corrected chi connectivity index (χ4v) is 2.19. The van der Waals surface area contributed by atoms with E-state index in [1.54, 1.807) is 4.68 Å². The normalized spacial score (nSPS) is 10.8. The summed E-state index contributed by atoms with van der Waals surface area (Å²) < 4.78 is 7.92. The molecule has 0 unspecified atom stereocenters. The largest absolute Gasteiger partial charge is 0.448 e. The molecule has 0 saturated heterocycles. The van der Waals surface area contributed by atoms with Gasteiger partial charge < -0.3 is 10.2 Å². The van der Waals surface area contributed by atoms with E-state index >= 15 is 0 Å². The van der Waals surface area contributed by atoms with E-state index in [2.05, 4.69) is 21.0 Å². The monoisotopic (exact) mass is 317 g/mol. The molecular formula is C14H12BrN3O. The summed E-state index contributed by atoms with van der Waals surface area (Å²) in [5, 5.41) is 4.47. The standard InChI is InChI=1S/C14H12BrN3O/c15-13-7-6-12(19-13)11-8-14(16)18(17-11)9-10-4-2-1-3-5-10/h1-8H,9,16H2. The average molecular weight is 318 g/mol. The summed E-state index contributed by atoms with van der Waals surface area (Å²) in [6, 6.07) is 15.6. The summed E-state index contributed by atoms with van der Waals surface area (Å²) in [6.45, 7) is 0.647. The molecule has 1 aromatic carbocycles. The van der Waals surface area contributed by atoms with Crippen LogP contribution in [0, 0.1) is 0 Å². The highest BCUT2D eigenvalue weighted by atomic mass is 79.9. The van der Waals surface area contributed by atoms with E-state index < -0.39 is 0 Å². The molecule has 2 N–H and O–H groups in total. The number of halogens is 1. The summed E-state index contributed by atoms with van der Waals surface area (Å²) in [5.74, 6) is 1.32. The van der Waals surface area contributed by atoms with Crippen molar-refractivity contribution in [1.82, 2.24) is 9.78 Å². The van der Waals surface area contributed by atoms with Crippen LogP contribution in [0.1, 0.15) is 5.56 Å². The van der Waals surface area contributed by atoms with E-state index in [9.17, 15) is 0 Å². The van der Waals surface area contributed by atoms with Crippen LogP contribution >= 0.6 is 15.9 Å². The SMILES string of the molecule is Nc1cc(-c2ccc(Br)o2)nn1Cc1ccccc1. The second kappa shape index (κ2) is 4.93. The molecule has 0 saturated carbocycles. The van der Waals surface area contributed by atoms with E-state index in [0.717, 1.165) is 11.3 Å². The van der Waals surface area contributed by atoms with Gasteiger partial charge >= 0.3 is 0 Å². The van der Waals surface area contributed by atoms with Crippen LogP contribution in [0.3, 0.4) is 0 Å². The van der Waals surface area contributed by atoms with Crippen LogP contribution in [0.5, 0.6) is 0 Å². The quantitative estimate of drug-likeness (QED) is 0.803. The smallest absolute Gasteiger partial charge is 0.169 e. The molecule has 4 nitrogen and oxygen atoms in total. The third-order valence-electron chi connectivity index (χ3n) is 2.81. The molecule has 96 valence electrons. The minimum atomic E-state index is 0.617. The first-order valence-corrected chi connectivity index (χ1v) is 6.64. The van der Waals surface area contributed by atoms with Gasteiger partial charge in [-0.05, 0) is 33.6 Å². The molecule has 0 bridgehead atoms. The molecule has 2 aromatic heterocycles. The van der Waals surface area contributed by atoms with Crippen molar-refractivity contribution in [3.05, 3.63) is 58.8 Å². The highest BCUT2D eigenvalue weighted by Crippen LogP contribution is 2.25. The lowest BCUT2D eigenvalue weighted by Gasteiger charge is -2.03. The molecule has 0 aliphatic rings. The van der Waals surface area contributed by atoms with Crippen molar-refractivity contribution >= 4 is 21.7 Å². The second-order valence-electron chi connectivity index (χ2n) is 4.20. The number of nitrogen functional groups attached to an aromatic ring is 1. The first-order chi connectivity index (χ1) is 9.22. The van der Waals surface area contributed by atoms with Crippen LogP contribution < -0.4 is 5.73 Å². The molecule has 0 radical (unpaired) electrons. The van der Waals surface area contributed by atoms with Crippen molar-refractivity contribution < 1.29 is 4.42 Å². The Balaban J connectivity index is 1.90. The molecule has 2 heterocycles. The van der Waals surface area contributed by atoms with E-state index in [0.29, 0.717) is 22.8 Å². The minimum Gasteiger partial charge on any atom is -0.448 e. The molecule has 3 rings (SSSR count). The number of nitrogens with zero attached hydrogens (tertiary/aromatic N) is 2. The highest BCUT2D eigenvalue weighted by Gasteiger charge is 2.10. The number of benzene rings is 1. The van der Waals surface area contributed by atoms with Crippen LogP contribution in [-0.2, 0) is 6.54 Å². The highest BCUT2D eigenvalue weighted by molar-refractivity contribution is 9.10. The summed E-state index contributed by atoms with van der Waals surface area (Å²) in [7, 11) is 0. The van der Waals surface area contributed by atoms with Gasteiger partial charge in [0.2, 0.25) is 0 Å². The number of hydrogen-bond donors (Lipinski definition) is 1. The van der Waals surface area contributed by atoms with Crippen LogP contribution in [0.4, 0.5) is 5.82 Å². The second-order valence-corrected chi connectivity index (χ2v) is 4.98. The van der Waals surface area contributed by atoms with E-state index in [1.807, 2.05) is 48.5 Å². The van der Waals surface area contributed by atoms with Crippen LogP contribution in [0.25, 0.3) is 11.5 Å². The average Bonchev–Trinajstić information content (AvgIpc) is 2.98. The number of hydrogen-bond acceptors (Lipinski definition) is 3. The maximum Gasteiger partial charge on any atom is 0.169 e. The lowest BCUT2D eigenvalue weighted by Crippen LogP contribution is -2.05. The fourth-order valence-electron chi connectivity index (χ4n) is 1.89. The number of furan rings is 1. The van der Waals surface area contributed by atoms with E-state index in [-0.39, 0.29) is 0 Å². The van der Waals surface area contributed by atoms with Gasteiger partial charge in [-0.15, -0.1) is 0 Å². The van der Waals surface area contributed by atoms with Crippen molar-refractivity contribution in [1.29, 1.82) is 0 Å². The first-order valence-electron chi connectivity index (χ1n) is 5.85. The molecule has 19 heavy (non-hydrogen) atoms. The topological polar surface area (TPSA) is 57.0 Å². The zero-order valence-corrected chi connectivity index (χ0v) is 11.7. The van der Waals surface area contributed by atoms with Gasteiger partial charge in [0.15, 0.2) is 10.4 Å². The molecular weight excluding hydrogens is 306 g/mol. The molecule has 3 aromatic rings. The van der Waals surface area contributed by atoms with E-state index in [1.165, 1.54) is 0 Å². The maximum atomic E-state index is 5.98. The van der Waals surface area contributed by atoms with Gasteiger partial charge in [-0.3, -0.25) is 0 Å². The zero-order valence-electron chi connectivity index (χ0n) is 10.1. The van der Waals surface area contributed by atoms with Crippen molar-refractivity contribution in [2.24, 2.45) is 0 Å². The van der Waals surface area contributed by atoms with Gasteiger partial charge in [-0.1, -0.05) is 30.3 Å². The Morgan fingerprint density at radius 3 is 2.63 bits per heavy atom. The Hall–Kier alpha value is -2.01. The number of anilines is 1. The fraction of sp³-hybridized carbons (Fsp3) is 0.0714. The minimum absolute atomic E-state index is 0.617. The Morgan fingerprint density at radius 2 is 1.95 bits per heavy atom. The van der Waals surface area contributed by atoms with Gasteiger partial charge in [0.05, 0.1) is 6.54 Å². The Bertz CT molecular complexity index is 688. The molecule has 0 spiro atoms. The van der Waals surface area contributed by atoms with Crippen molar-refractivity contribution in [3.8, 4) is 11.5 Å². The summed E-state index contributed by atoms with van der Waals surface area (Å²) in [4.78, 5) is 0. The van der Waals surface area contributed by atoms with Gasteiger partial charge in [-0.2, -0.15) is 5.10 Å². The Morgan fingerprint density at radius 1 is 1.16 bits per heavy atom. The predicted molar refractivity (Wildman–Crippen MR) is 77.6 cm³/mol. The van der Waals surface area contributed by atoms with Gasteiger partial charge in [0.25, 0.3) is 0 Å². The Labute approximate surface area is 119 Å². The first kappa shape index (κ1) is 12.0. The number of rotatable bonds is 3. The zero-order chi connectivity index (χ0) is 13.2. The maximum absolute atomic E-state index is 5.98. The van der Waals surface area contributed by atoms with Crippen molar-refractivity contribution in [3.63, 3.8) is 0 Å². The third kappa shape index (κ3) is 2.56. The Kier molecular flexibility index (Phi) is 3.13. The van der Waals surface area contributed by atoms with Gasteiger partial charge in [0, 0.05) is 6.07 Å². The molecule has 0 atom stereocenters.